The van der Waals surface area contributed by atoms with E-state index in [4.69, 9.17) is 9.47 Å². The summed E-state index contributed by atoms with van der Waals surface area (Å²) in [7, 11) is 0. The fourth-order valence-electron chi connectivity index (χ4n) is 1.81. The minimum Gasteiger partial charge on any atom is -0.461 e. The highest BCUT2D eigenvalue weighted by atomic mass is 16.6. The van der Waals surface area contributed by atoms with Gasteiger partial charge in [0.15, 0.2) is 6.23 Å². The molecular weight excluding hydrogens is 218 g/mol. The molecule has 4 heteroatoms. The Hall–Kier alpha value is -1.52. The Morgan fingerprint density at radius 1 is 1.47 bits per heavy atom. The minimum atomic E-state index is -0.472. The highest BCUT2D eigenvalue weighted by Crippen LogP contribution is 2.29. The van der Waals surface area contributed by atoms with Crippen molar-refractivity contribution < 1.29 is 14.3 Å². The zero-order valence-corrected chi connectivity index (χ0v) is 9.97. The first-order valence-corrected chi connectivity index (χ1v) is 5.70. The second kappa shape index (κ2) is 5.21. The minimum absolute atomic E-state index is 0.273. The SMILES string of the molecule is CCOC(=O)C1NC(c2ccccc2)O[C+]1C. The van der Waals surface area contributed by atoms with Crippen molar-refractivity contribution in [3.05, 3.63) is 42.0 Å². The van der Waals surface area contributed by atoms with Gasteiger partial charge in [0.05, 0.1) is 6.61 Å². The van der Waals surface area contributed by atoms with Crippen LogP contribution in [0, 0.1) is 6.10 Å². The molecule has 1 aromatic carbocycles. The fraction of sp³-hybridized carbons (Fsp3) is 0.385. The van der Waals surface area contributed by atoms with Gasteiger partial charge in [0.25, 0.3) is 12.1 Å². The zero-order valence-electron chi connectivity index (χ0n) is 9.97. The van der Waals surface area contributed by atoms with Crippen molar-refractivity contribution in [3.63, 3.8) is 0 Å². The number of nitrogens with one attached hydrogen (secondary N) is 1. The van der Waals surface area contributed by atoms with E-state index >= 15 is 0 Å². The topological polar surface area (TPSA) is 47.6 Å². The van der Waals surface area contributed by atoms with E-state index in [1.807, 2.05) is 30.3 Å². The smallest absolute Gasteiger partial charge is 0.374 e. The van der Waals surface area contributed by atoms with Crippen molar-refractivity contribution in [2.24, 2.45) is 0 Å². The van der Waals surface area contributed by atoms with Gasteiger partial charge in [0.1, 0.15) is 6.92 Å². The number of hydrogen-bond donors (Lipinski definition) is 1. The van der Waals surface area contributed by atoms with Crippen LogP contribution in [0.15, 0.2) is 30.3 Å². The number of carbonyl (C=O) groups is 1. The average Bonchev–Trinajstić information content (AvgIpc) is 2.73. The van der Waals surface area contributed by atoms with E-state index in [1.165, 1.54) is 0 Å². The van der Waals surface area contributed by atoms with Gasteiger partial charge in [0, 0.05) is 5.56 Å². The molecule has 1 fully saturated rings. The van der Waals surface area contributed by atoms with E-state index in [9.17, 15) is 4.79 Å². The second-order valence-electron chi connectivity index (χ2n) is 3.87. The van der Waals surface area contributed by atoms with Gasteiger partial charge >= 0.3 is 5.97 Å². The van der Waals surface area contributed by atoms with Gasteiger partial charge in [-0.3, -0.25) is 0 Å². The molecule has 0 saturated carbocycles. The van der Waals surface area contributed by atoms with Crippen LogP contribution >= 0.6 is 0 Å². The summed E-state index contributed by atoms with van der Waals surface area (Å²) in [5, 5.41) is 3.11. The molecule has 17 heavy (non-hydrogen) atoms. The van der Waals surface area contributed by atoms with E-state index < -0.39 is 6.04 Å². The number of ether oxygens (including phenoxy) is 2. The number of esters is 1. The first-order chi connectivity index (χ1) is 8.22. The highest BCUT2D eigenvalue weighted by molar-refractivity contribution is 5.78. The Bertz CT molecular complexity index is 380. The molecule has 0 aromatic heterocycles. The monoisotopic (exact) mass is 234 g/mol. The van der Waals surface area contributed by atoms with Crippen LogP contribution in [0.4, 0.5) is 0 Å². The summed E-state index contributed by atoms with van der Waals surface area (Å²) in [5.41, 5.74) is 0.999. The van der Waals surface area contributed by atoms with Crippen molar-refractivity contribution in [2.75, 3.05) is 6.61 Å². The van der Waals surface area contributed by atoms with Crippen LogP contribution in [0.1, 0.15) is 25.6 Å². The Labute approximate surface area is 101 Å². The number of benzene rings is 1. The zero-order chi connectivity index (χ0) is 12.3. The third-order valence-electron chi connectivity index (χ3n) is 2.65. The molecule has 0 bridgehead atoms. The Balaban J connectivity index is 2.04. The summed E-state index contributed by atoms with van der Waals surface area (Å²) in [6, 6.07) is 9.26. The summed E-state index contributed by atoms with van der Waals surface area (Å²) in [5.74, 6) is -0.288. The first kappa shape index (κ1) is 12.0. The summed E-state index contributed by atoms with van der Waals surface area (Å²) >= 11 is 0. The van der Waals surface area contributed by atoms with Gasteiger partial charge in [0.2, 0.25) is 0 Å². The quantitative estimate of drug-likeness (QED) is 0.640. The van der Waals surface area contributed by atoms with Crippen molar-refractivity contribution in [2.45, 2.75) is 26.1 Å². The van der Waals surface area contributed by atoms with Crippen molar-refractivity contribution in [1.82, 2.24) is 5.32 Å². The van der Waals surface area contributed by atoms with Gasteiger partial charge < -0.3 is 4.74 Å². The molecule has 4 nitrogen and oxygen atoms in total. The van der Waals surface area contributed by atoms with Crippen LogP contribution in [0.2, 0.25) is 0 Å². The molecule has 1 N–H and O–H groups in total. The molecule has 0 aliphatic carbocycles. The van der Waals surface area contributed by atoms with Gasteiger partial charge in [-0.1, -0.05) is 30.3 Å². The largest absolute Gasteiger partial charge is 0.461 e. The van der Waals surface area contributed by atoms with E-state index in [-0.39, 0.29) is 12.2 Å². The standard InChI is InChI=1S/C13H16NO3/c1-3-16-13(15)11-9(2)17-12(14-11)10-7-5-4-6-8-10/h4-8,11-12,14H,3H2,1-2H3/q+1. The van der Waals surface area contributed by atoms with Crippen LogP contribution < -0.4 is 5.32 Å². The molecule has 0 radical (unpaired) electrons. The Morgan fingerprint density at radius 2 is 2.18 bits per heavy atom. The molecule has 1 heterocycles. The average molecular weight is 234 g/mol. The lowest BCUT2D eigenvalue weighted by molar-refractivity contribution is -0.144. The Morgan fingerprint density at radius 3 is 2.82 bits per heavy atom. The third-order valence-corrected chi connectivity index (χ3v) is 2.65. The summed E-state index contributed by atoms with van der Waals surface area (Å²) in [6.45, 7) is 3.95. The van der Waals surface area contributed by atoms with Crippen molar-refractivity contribution in [1.29, 1.82) is 0 Å². The number of hydrogen-bond acceptors (Lipinski definition) is 4. The Kier molecular flexibility index (Phi) is 3.66. The van der Waals surface area contributed by atoms with E-state index in [1.54, 1.807) is 13.8 Å². The van der Waals surface area contributed by atoms with Crippen molar-refractivity contribution >= 4 is 5.97 Å². The second-order valence-corrected chi connectivity index (χ2v) is 3.87. The lowest BCUT2D eigenvalue weighted by atomic mass is 10.2. The normalized spacial score (nSPS) is 23.8. The summed E-state index contributed by atoms with van der Waals surface area (Å²) in [6.07, 6.45) is 0.378. The molecule has 2 unspecified atom stereocenters. The fourth-order valence-corrected chi connectivity index (χ4v) is 1.81. The van der Waals surface area contributed by atoms with Crippen LogP contribution in [-0.2, 0) is 14.3 Å². The molecular formula is C13H16NO3+. The molecule has 1 saturated heterocycles. The molecule has 2 atom stereocenters. The highest BCUT2D eigenvalue weighted by Gasteiger charge is 2.48. The van der Waals surface area contributed by atoms with Gasteiger partial charge in [-0.15, -0.1) is 0 Å². The predicted molar refractivity (Wildman–Crippen MR) is 62.7 cm³/mol. The van der Waals surface area contributed by atoms with Gasteiger partial charge in [-0.25, -0.2) is 10.1 Å². The number of carbonyl (C=O) groups excluding carboxylic acids is 1. The molecule has 2 rings (SSSR count). The van der Waals surface area contributed by atoms with Crippen LogP contribution in [0.5, 0.6) is 0 Å². The molecule has 1 aliphatic rings. The lowest BCUT2D eigenvalue weighted by Gasteiger charge is -2.06. The maximum Gasteiger partial charge on any atom is 0.374 e. The van der Waals surface area contributed by atoms with Crippen LogP contribution in [0.25, 0.3) is 0 Å². The first-order valence-electron chi connectivity index (χ1n) is 5.70. The molecule has 1 aromatic rings. The predicted octanol–water partition coefficient (Wildman–Crippen LogP) is 1.79. The van der Waals surface area contributed by atoms with Gasteiger partial charge in [-0.2, -0.15) is 4.74 Å². The third kappa shape index (κ3) is 2.60. The lowest BCUT2D eigenvalue weighted by Crippen LogP contribution is -2.36. The van der Waals surface area contributed by atoms with Crippen molar-refractivity contribution in [3.8, 4) is 0 Å². The van der Waals surface area contributed by atoms with Crippen LogP contribution in [-0.4, -0.2) is 18.6 Å². The van der Waals surface area contributed by atoms with E-state index in [2.05, 4.69) is 5.32 Å². The maximum atomic E-state index is 11.6. The summed E-state index contributed by atoms with van der Waals surface area (Å²) < 4.78 is 10.6. The molecule has 0 amide bonds. The number of rotatable bonds is 3. The van der Waals surface area contributed by atoms with E-state index in [0.717, 1.165) is 5.56 Å². The maximum absolute atomic E-state index is 11.6. The molecule has 0 spiro atoms. The van der Waals surface area contributed by atoms with E-state index in [0.29, 0.717) is 12.7 Å². The van der Waals surface area contributed by atoms with Gasteiger partial charge in [-0.05, 0) is 6.92 Å². The molecule has 90 valence electrons. The molecule has 1 aliphatic heterocycles. The summed E-state index contributed by atoms with van der Waals surface area (Å²) in [4.78, 5) is 11.6. The van der Waals surface area contributed by atoms with Crippen LogP contribution in [0.3, 0.4) is 0 Å².